The van der Waals surface area contributed by atoms with Crippen molar-refractivity contribution in [2.24, 2.45) is 0 Å². The van der Waals surface area contributed by atoms with Crippen molar-refractivity contribution in [2.75, 3.05) is 36.8 Å². The van der Waals surface area contributed by atoms with E-state index in [1.165, 1.54) is 19.3 Å². The molecule has 2 saturated heterocycles. The monoisotopic (exact) mass is 542 g/mol. The molecule has 0 spiro atoms. The summed E-state index contributed by atoms with van der Waals surface area (Å²) < 4.78 is 13.2. The van der Waals surface area contributed by atoms with E-state index in [2.05, 4.69) is 39.5 Å². The van der Waals surface area contributed by atoms with E-state index in [0.29, 0.717) is 35.0 Å². The van der Waals surface area contributed by atoms with Gasteiger partial charge in [-0.2, -0.15) is 9.97 Å². The molecule has 0 aromatic carbocycles. The first-order valence-electron chi connectivity index (χ1n) is 14.4. The van der Waals surface area contributed by atoms with Crippen LogP contribution < -0.4 is 10.6 Å². The molecule has 214 valence electrons. The molecule has 2 aliphatic heterocycles. The standard InChI is InChI=1S/C27H42N8O4/c1-4-17(5-2)30-24-21-25(32-27(31-24)28-10-13-34-11-8-7-9-12-34)35(16-29-21)26-23(37)22(36)20(38-26)15-18-14-19(6-3)39-33-18/h14,16-17,20,22-23,26,36-37H,4-13,15H2,1-3H3,(H2,28,30,31,32). The van der Waals surface area contributed by atoms with Gasteiger partial charge < -0.3 is 35.0 Å². The third-order valence-electron chi connectivity index (χ3n) is 7.89. The van der Waals surface area contributed by atoms with Gasteiger partial charge in [-0.25, -0.2) is 4.98 Å². The van der Waals surface area contributed by atoms with Gasteiger partial charge in [0, 0.05) is 38.0 Å². The minimum absolute atomic E-state index is 0.240. The number of nitrogens with one attached hydrogen (secondary N) is 2. The van der Waals surface area contributed by atoms with E-state index in [4.69, 9.17) is 19.2 Å². The van der Waals surface area contributed by atoms with E-state index in [-0.39, 0.29) is 6.04 Å². The summed E-state index contributed by atoms with van der Waals surface area (Å²) in [7, 11) is 0. The van der Waals surface area contributed by atoms with E-state index < -0.39 is 24.5 Å². The van der Waals surface area contributed by atoms with Gasteiger partial charge in [0.2, 0.25) is 5.95 Å². The second-order valence-electron chi connectivity index (χ2n) is 10.6. The minimum atomic E-state index is -1.16. The zero-order valence-corrected chi connectivity index (χ0v) is 23.2. The van der Waals surface area contributed by atoms with E-state index in [1.807, 2.05) is 13.0 Å². The van der Waals surface area contributed by atoms with Crippen molar-refractivity contribution in [2.45, 2.75) is 96.3 Å². The summed E-state index contributed by atoms with van der Waals surface area (Å²) in [6.07, 6.45) is 4.58. The lowest BCUT2D eigenvalue weighted by atomic mass is 10.1. The van der Waals surface area contributed by atoms with E-state index in [1.54, 1.807) is 10.9 Å². The highest BCUT2D eigenvalue weighted by atomic mass is 16.6. The van der Waals surface area contributed by atoms with Crippen molar-refractivity contribution in [3.63, 3.8) is 0 Å². The van der Waals surface area contributed by atoms with Crippen LogP contribution in [0.1, 0.15) is 70.6 Å². The molecule has 4 N–H and O–H groups in total. The quantitative estimate of drug-likeness (QED) is 0.268. The zero-order chi connectivity index (χ0) is 27.4. The predicted octanol–water partition coefficient (Wildman–Crippen LogP) is 2.74. The Bertz CT molecular complexity index is 1210. The SMILES string of the molecule is CCc1cc(CC2OC(n3cnc4c(NC(CC)CC)nc(NCCN5CCCCC5)nc43)C(O)C2O)no1. The molecule has 0 bridgehead atoms. The number of piperidine rings is 1. The van der Waals surface area contributed by atoms with Crippen LogP contribution in [0.4, 0.5) is 11.8 Å². The summed E-state index contributed by atoms with van der Waals surface area (Å²) in [5.41, 5.74) is 1.81. The first-order chi connectivity index (χ1) is 19.0. The average molecular weight is 543 g/mol. The molecular formula is C27H42N8O4. The summed E-state index contributed by atoms with van der Waals surface area (Å²) in [5, 5.41) is 32.8. The van der Waals surface area contributed by atoms with Gasteiger partial charge in [-0.3, -0.25) is 4.57 Å². The first-order valence-corrected chi connectivity index (χ1v) is 14.4. The van der Waals surface area contributed by atoms with Crippen LogP contribution in [0.5, 0.6) is 0 Å². The Morgan fingerprint density at radius 2 is 1.87 bits per heavy atom. The molecule has 2 aliphatic rings. The number of aliphatic hydroxyl groups is 2. The van der Waals surface area contributed by atoms with Gasteiger partial charge in [0.05, 0.1) is 18.1 Å². The predicted molar refractivity (Wildman–Crippen MR) is 148 cm³/mol. The topological polar surface area (TPSA) is 147 Å². The fourth-order valence-electron chi connectivity index (χ4n) is 5.43. The van der Waals surface area contributed by atoms with Crippen molar-refractivity contribution in [3.05, 3.63) is 23.8 Å². The van der Waals surface area contributed by atoms with Crippen LogP contribution in [0.25, 0.3) is 11.2 Å². The number of aliphatic hydroxyl groups excluding tert-OH is 2. The maximum Gasteiger partial charge on any atom is 0.226 e. The van der Waals surface area contributed by atoms with Gasteiger partial charge >= 0.3 is 0 Å². The number of aryl methyl sites for hydroxylation is 1. The summed E-state index contributed by atoms with van der Waals surface area (Å²) in [6.45, 7) is 10.2. The Morgan fingerprint density at radius 3 is 2.59 bits per heavy atom. The van der Waals surface area contributed by atoms with Gasteiger partial charge in [0.1, 0.15) is 18.0 Å². The number of hydrogen-bond donors (Lipinski definition) is 4. The number of likely N-dealkylation sites (tertiary alicyclic amines) is 1. The summed E-state index contributed by atoms with van der Waals surface area (Å²) >= 11 is 0. The molecule has 3 aromatic rings. The molecule has 0 saturated carbocycles. The van der Waals surface area contributed by atoms with Crippen LogP contribution in [0, 0.1) is 0 Å². The normalized spacial score (nSPS) is 24.2. The first kappa shape index (κ1) is 27.8. The molecule has 0 amide bonds. The molecule has 12 heteroatoms. The second kappa shape index (κ2) is 12.6. The Kier molecular flexibility index (Phi) is 8.96. The van der Waals surface area contributed by atoms with Gasteiger partial charge in [0.25, 0.3) is 0 Å². The average Bonchev–Trinajstić information content (AvgIpc) is 3.67. The van der Waals surface area contributed by atoms with Crippen LogP contribution in [0.3, 0.4) is 0 Å². The second-order valence-corrected chi connectivity index (χ2v) is 10.6. The van der Waals surface area contributed by atoms with E-state index in [9.17, 15) is 10.2 Å². The maximum atomic E-state index is 11.0. The molecule has 39 heavy (non-hydrogen) atoms. The summed E-state index contributed by atoms with van der Waals surface area (Å²) in [5.74, 6) is 1.91. The Morgan fingerprint density at radius 1 is 1.08 bits per heavy atom. The molecule has 4 unspecified atom stereocenters. The van der Waals surface area contributed by atoms with Crippen molar-refractivity contribution in [1.29, 1.82) is 0 Å². The fourth-order valence-corrected chi connectivity index (χ4v) is 5.43. The highest BCUT2D eigenvalue weighted by molar-refractivity contribution is 5.84. The molecule has 0 radical (unpaired) electrons. The molecule has 0 aliphatic carbocycles. The number of hydrogen-bond acceptors (Lipinski definition) is 11. The molecule has 5 heterocycles. The molecule has 2 fully saturated rings. The molecule has 5 rings (SSSR count). The highest BCUT2D eigenvalue weighted by Crippen LogP contribution is 2.34. The minimum Gasteiger partial charge on any atom is -0.388 e. The molecule has 4 atom stereocenters. The largest absolute Gasteiger partial charge is 0.388 e. The number of ether oxygens (including phenoxy) is 1. The summed E-state index contributed by atoms with van der Waals surface area (Å²) in [4.78, 5) is 16.6. The lowest BCUT2D eigenvalue weighted by Gasteiger charge is -2.26. The molecular weight excluding hydrogens is 500 g/mol. The van der Waals surface area contributed by atoms with Crippen molar-refractivity contribution in [3.8, 4) is 0 Å². The smallest absolute Gasteiger partial charge is 0.226 e. The number of imidazole rings is 1. The lowest BCUT2D eigenvalue weighted by molar-refractivity contribution is -0.0348. The molecule has 3 aromatic heterocycles. The number of fused-ring (bicyclic) bond motifs is 1. The van der Waals surface area contributed by atoms with Crippen molar-refractivity contribution < 1.29 is 19.5 Å². The van der Waals surface area contributed by atoms with E-state index >= 15 is 0 Å². The number of anilines is 2. The third kappa shape index (κ3) is 6.19. The van der Waals surface area contributed by atoms with Crippen LogP contribution in [0.15, 0.2) is 16.9 Å². The molecule has 12 nitrogen and oxygen atoms in total. The Labute approximate surface area is 229 Å². The van der Waals surface area contributed by atoms with Crippen LogP contribution in [0.2, 0.25) is 0 Å². The fraction of sp³-hybridized carbons (Fsp3) is 0.704. The highest BCUT2D eigenvalue weighted by Gasteiger charge is 2.44. The number of aromatic nitrogens is 5. The van der Waals surface area contributed by atoms with Gasteiger partial charge in [-0.05, 0) is 38.8 Å². The van der Waals surface area contributed by atoms with E-state index in [0.717, 1.165) is 51.2 Å². The number of rotatable bonds is 12. The Hall–Kier alpha value is -2.80. The van der Waals surface area contributed by atoms with Gasteiger partial charge in [-0.15, -0.1) is 0 Å². The van der Waals surface area contributed by atoms with Gasteiger partial charge in [0.15, 0.2) is 23.2 Å². The zero-order valence-electron chi connectivity index (χ0n) is 23.2. The van der Waals surface area contributed by atoms with Crippen LogP contribution in [-0.2, 0) is 17.6 Å². The van der Waals surface area contributed by atoms with Crippen LogP contribution in [-0.4, -0.2) is 90.3 Å². The van der Waals surface area contributed by atoms with Crippen LogP contribution >= 0.6 is 0 Å². The van der Waals surface area contributed by atoms with Gasteiger partial charge in [-0.1, -0.05) is 32.3 Å². The Balaban J connectivity index is 1.39. The van der Waals surface area contributed by atoms with Crippen molar-refractivity contribution >= 4 is 22.9 Å². The number of nitrogens with zero attached hydrogens (tertiary/aromatic N) is 6. The van der Waals surface area contributed by atoms with Crippen molar-refractivity contribution in [1.82, 2.24) is 29.6 Å². The lowest BCUT2D eigenvalue weighted by Crippen LogP contribution is -2.34. The summed E-state index contributed by atoms with van der Waals surface area (Å²) in [6, 6.07) is 2.09. The maximum absolute atomic E-state index is 11.0. The third-order valence-corrected chi connectivity index (χ3v) is 7.89.